The Morgan fingerprint density at radius 1 is 0.926 bits per heavy atom. The van der Waals surface area contributed by atoms with Crippen LogP contribution in [0.4, 0.5) is 5.69 Å². The summed E-state index contributed by atoms with van der Waals surface area (Å²) in [4.78, 5) is 26.2. The van der Waals surface area contributed by atoms with E-state index >= 15 is 0 Å². The van der Waals surface area contributed by atoms with Gasteiger partial charge in [0.1, 0.15) is 11.5 Å². The topological polar surface area (TPSA) is 67.9 Å². The molecule has 1 heterocycles. The summed E-state index contributed by atoms with van der Waals surface area (Å²) in [5.41, 5.74) is 1.27. The first-order valence-electron chi connectivity index (χ1n) is 9.20. The Bertz CT molecular complexity index is 766. The zero-order valence-electron chi connectivity index (χ0n) is 15.4. The van der Waals surface area contributed by atoms with Crippen LogP contribution in [0.3, 0.4) is 0 Å². The van der Waals surface area contributed by atoms with E-state index in [1.165, 1.54) is 0 Å². The lowest BCUT2D eigenvalue weighted by atomic mass is 10.2. The SMILES string of the molecule is CCOc1ccc(OCC(=O)Nc2ccc(C(=O)N3CCCC3)cc2)cc1. The fraction of sp³-hybridized carbons (Fsp3) is 0.333. The molecule has 6 nitrogen and oxygen atoms in total. The van der Waals surface area contributed by atoms with Gasteiger partial charge in [-0.25, -0.2) is 0 Å². The van der Waals surface area contributed by atoms with Crippen LogP contribution in [0.25, 0.3) is 0 Å². The molecule has 1 aliphatic heterocycles. The Labute approximate surface area is 159 Å². The van der Waals surface area contributed by atoms with Crippen LogP contribution in [-0.4, -0.2) is 43.0 Å². The molecule has 2 aromatic rings. The van der Waals surface area contributed by atoms with Crippen molar-refractivity contribution in [2.24, 2.45) is 0 Å². The van der Waals surface area contributed by atoms with Crippen LogP contribution < -0.4 is 14.8 Å². The number of hydrogen-bond donors (Lipinski definition) is 1. The van der Waals surface area contributed by atoms with Crippen LogP contribution in [0.1, 0.15) is 30.1 Å². The predicted octanol–water partition coefficient (Wildman–Crippen LogP) is 3.34. The Hall–Kier alpha value is -3.02. The fourth-order valence-electron chi connectivity index (χ4n) is 2.94. The number of nitrogens with zero attached hydrogens (tertiary/aromatic N) is 1. The van der Waals surface area contributed by atoms with Crippen molar-refractivity contribution in [1.29, 1.82) is 0 Å². The van der Waals surface area contributed by atoms with Gasteiger partial charge in [0, 0.05) is 24.3 Å². The van der Waals surface area contributed by atoms with E-state index in [4.69, 9.17) is 9.47 Å². The molecule has 6 heteroatoms. The number of ether oxygens (including phenoxy) is 2. The number of nitrogens with one attached hydrogen (secondary N) is 1. The smallest absolute Gasteiger partial charge is 0.262 e. The minimum atomic E-state index is -0.262. The highest BCUT2D eigenvalue weighted by Crippen LogP contribution is 2.18. The second-order valence-electron chi connectivity index (χ2n) is 6.32. The number of likely N-dealkylation sites (tertiary alicyclic amines) is 1. The molecular weight excluding hydrogens is 344 g/mol. The largest absolute Gasteiger partial charge is 0.494 e. The molecule has 1 saturated heterocycles. The minimum Gasteiger partial charge on any atom is -0.494 e. The highest BCUT2D eigenvalue weighted by Gasteiger charge is 2.19. The molecule has 2 amide bonds. The van der Waals surface area contributed by atoms with Gasteiger partial charge in [-0.2, -0.15) is 0 Å². The zero-order chi connectivity index (χ0) is 19.1. The van der Waals surface area contributed by atoms with E-state index in [9.17, 15) is 9.59 Å². The molecule has 0 atom stereocenters. The Morgan fingerprint density at radius 3 is 2.11 bits per heavy atom. The van der Waals surface area contributed by atoms with Gasteiger partial charge in [0.2, 0.25) is 0 Å². The first-order valence-corrected chi connectivity index (χ1v) is 9.20. The summed E-state index contributed by atoms with van der Waals surface area (Å²) in [6.07, 6.45) is 2.13. The second kappa shape index (κ2) is 9.07. The van der Waals surface area contributed by atoms with Crippen molar-refractivity contribution < 1.29 is 19.1 Å². The number of carbonyl (C=O) groups is 2. The van der Waals surface area contributed by atoms with Gasteiger partial charge in [-0.3, -0.25) is 9.59 Å². The van der Waals surface area contributed by atoms with Crippen molar-refractivity contribution in [2.75, 3.05) is 31.6 Å². The third kappa shape index (κ3) is 5.23. The zero-order valence-corrected chi connectivity index (χ0v) is 15.4. The van der Waals surface area contributed by atoms with Gasteiger partial charge in [-0.15, -0.1) is 0 Å². The first kappa shape index (κ1) is 18.8. The standard InChI is InChI=1S/C21H24N2O4/c1-2-26-18-9-11-19(12-10-18)27-15-20(24)22-17-7-5-16(6-8-17)21(25)23-13-3-4-14-23/h5-12H,2-4,13-15H2,1H3,(H,22,24). The van der Waals surface area contributed by atoms with Crippen molar-refractivity contribution in [3.05, 3.63) is 54.1 Å². The maximum Gasteiger partial charge on any atom is 0.262 e. The lowest BCUT2D eigenvalue weighted by Crippen LogP contribution is -2.27. The molecule has 1 N–H and O–H groups in total. The number of amides is 2. The van der Waals surface area contributed by atoms with E-state index < -0.39 is 0 Å². The van der Waals surface area contributed by atoms with E-state index in [-0.39, 0.29) is 18.4 Å². The van der Waals surface area contributed by atoms with Crippen LogP contribution in [0.15, 0.2) is 48.5 Å². The molecule has 0 unspecified atom stereocenters. The van der Waals surface area contributed by atoms with Crippen LogP contribution in [0, 0.1) is 0 Å². The van der Waals surface area contributed by atoms with E-state index in [2.05, 4.69) is 5.32 Å². The van der Waals surface area contributed by atoms with Crippen molar-refractivity contribution >= 4 is 17.5 Å². The average Bonchev–Trinajstić information content (AvgIpc) is 3.23. The Morgan fingerprint density at radius 2 is 1.52 bits per heavy atom. The van der Waals surface area contributed by atoms with Crippen LogP contribution in [0.2, 0.25) is 0 Å². The number of anilines is 1. The molecule has 0 bridgehead atoms. The number of carbonyl (C=O) groups excluding carboxylic acids is 2. The van der Waals surface area contributed by atoms with Crippen LogP contribution in [-0.2, 0) is 4.79 Å². The summed E-state index contributed by atoms with van der Waals surface area (Å²) >= 11 is 0. The van der Waals surface area contributed by atoms with Gasteiger partial charge in [-0.1, -0.05) is 0 Å². The molecular formula is C21H24N2O4. The molecule has 0 radical (unpaired) electrons. The number of hydrogen-bond acceptors (Lipinski definition) is 4. The molecule has 0 aromatic heterocycles. The summed E-state index contributed by atoms with van der Waals surface area (Å²) in [5, 5.41) is 2.77. The summed E-state index contributed by atoms with van der Waals surface area (Å²) in [5.74, 6) is 1.14. The maximum absolute atomic E-state index is 12.3. The normalized spacial score (nSPS) is 13.3. The molecule has 27 heavy (non-hydrogen) atoms. The predicted molar refractivity (Wildman–Crippen MR) is 103 cm³/mol. The molecule has 0 saturated carbocycles. The van der Waals surface area contributed by atoms with Gasteiger partial charge in [0.25, 0.3) is 11.8 Å². The highest BCUT2D eigenvalue weighted by atomic mass is 16.5. The minimum absolute atomic E-state index is 0.0456. The lowest BCUT2D eigenvalue weighted by molar-refractivity contribution is -0.118. The summed E-state index contributed by atoms with van der Waals surface area (Å²) in [6.45, 7) is 4.07. The van der Waals surface area contributed by atoms with Crippen molar-refractivity contribution in [3.8, 4) is 11.5 Å². The number of benzene rings is 2. The van der Waals surface area contributed by atoms with Gasteiger partial charge >= 0.3 is 0 Å². The molecule has 3 rings (SSSR count). The Kier molecular flexibility index (Phi) is 6.30. The van der Waals surface area contributed by atoms with E-state index in [0.717, 1.165) is 31.7 Å². The average molecular weight is 368 g/mol. The van der Waals surface area contributed by atoms with E-state index in [1.54, 1.807) is 48.5 Å². The second-order valence-corrected chi connectivity index (χ2v) is 6.32. The van der Waals surface area contributed by atoms with E-state index in [1.807, 2.05) is 11.8 Å². The third-order valence-corrected chi connectivity index (χ3v) is 4.31. The van der Waals surface area contributed by atoms with Crippen LogP contribution >= 0.6 is 0 Å². The molecule has 142 valence electrons. The third-order valence-electron chi connectivity index (χ3n) is 4.31. The first-order chi connectivity index (χ1) is 13.2. The van der Waals surface area contributed by atoms with E-state index in [0.29, 0.717) is 23.6 Å². The van der Waals surface area contributed by atoms with Crippen LogP contribution in [0.5, 0.6) is 11.5 Å². The van der Waals surface area contributed by atoms with Crippen molar-refractivity contribution in [1.82, 2.24) is 4.90 Å². The summed E-state index contributed by atoms with van der Waals surface area (Å²) in [6, 6.07) is 14.1. The molecule has 2 aromatic carbocycles. The molecule has 1 aliphatic rings. The van der Waals surface area contributed by atoms with Crippen molar-refractivity contribution in [3.63, 3.8) is 0 Å². The molecule has 0 spiro atoms. The lowest BCUT2D eigenvalue weighted by Gasteiger charge is -2.15. The molecule has 0 aliphatic carbocycles. The highest BCUT2D eigenvalue weighted by molar-refractivity contribution is 5.96. The Balaban J connectivity index is 1.48. The number of rotatable bonds is 7. The van der Waals surface area contributed by atoms with Gasteiger partial charge in [0.15, 0.2) is 6.61 Å². The van der Waals surface area contributed by atoms with Crippen molar-refractivity contribution in [2.45, 2.75) is 19.8 Å². The van der Waals surface area contributed by atoms with Gasteiger partial charge in [0.05, 0.1) is 6.61 Å². The monoisotopic (exact) mass is 368 g/mol. The molecule has 1 fully saturated rings. The maximum atomic E-state index is 12.3. The quantitative estimate of drug-likeness (QED) is 0.814. The van der Waals surface area contributed by atoms with Gasteiger partial charge < -0.3 is 19.7 Å². The summed E-state index contributed by atoms with van der Waals surface area (Å²) in [7, 11) is 0. The fourth-order valence-corrected chi connectivity index (χ4v) is 2.94. The van der Waals surface area contributed by atoms with Gasteiger partial charge in [-0.05, 0) is 68.3 Å². The summed E-state index contributed by atoms with van der Waals surface area (Å²) < 4.78 is 10.8.